The van der Waals surface area contributed by atoms with Crippen LogP contribution in [0.3, 0.4) is 0 Å². The van der Waals surface area contributed by atoms with E-state index in [-0.39, 0.29) is 5.43 Å². The minimum absolute atomic E-state index is 0.0377. The summed E-state index contributed by atoms with van der Waals surface area (Å²) < 4.78 is 12.2. The molecule has 1 unspecified atom stereocenters. The average Bonchev–Trinajstić information content (AvgIpc) is 2.15. The van der Waals surface area contributed by atoms with Gasteiger partial charge in [0.05, 0.1) is 15.0 Å². The zero-order valence-electron chi connectivity index (χ0n) is 8.57. The highest BCUT2D eigenvalue weighted by Crippen LogP contribution is 2.22. The Balaban J connectivity index is 3.20. The lowest BCUT2D eigenvalue weighted by atomic mass is 10.2. The van der Waals surface area contributed by atoms with E-state index in [0.717, 1.165) is 4.88 Å². The van der Waals surface area contributed by atoms with Gasteiger partial charge in [-0.25, -0.2) is 0 Å². The molecular weight excluding hydrogens is 216 g/mol. The van der Waals surface area contributed by atoms with Crippen molar-refractivity contribution in [2.75, 3.05) is 5.75 Å². The van der Waals surface area contributed by atoms with Gasteiger partial charge in [0.2, 0.25) is 0 Å². The van der Waals surface area contributed by atoms with Crippen LogP contribution in [-0.2, 0) is 10.8 Å². The van der Waals surface area contributed by atoms with Crippen LogP contribution in [0.2, 0.25) is 0 Å². The van der Waals surface area contributed by atoms with Crippen molar-refractivity contribution in [2.45, 2.75) is 30.9 Å². The molecule has 1 rings (SSSR count). The summed E-state index contributed by atoms with van der Waals surface area (Å²) >= 11 is 1.48. The molecule has 0 amide bonds. The third kappa shape index (κ3) is 2.75. The number of hydrogen-bond donors (Lipinski definition) is 0. The molecule has 0 N–H and O–H groups in total. The minimum Gasteiger partial charge on any atom is -0.290 e. The van der Waals surface area contributed by atoms with Crippen molar-refractivity contribution in [3.63, 3.8) is 0 Å². The van der Waals surface area contributed by atoms with Gasteiger partial charge in [-0.3, -0.25) is 9.00 Å². The quantitative estimate of drug-likeness (QED) is 0.799. The van der Waals surface area contributed by atoms with E-state index in [4.69, 9.17) is 0 Å². The van der Waals surface area contributed by atoms with E-state index in [2.05, 4.69) is 0 Å². The molecule has 1 atom stereocenters. The largest absolute Gasteiger partial charge is 0.290 e. The summed E-state index contributed by atoms with van der Waals surface area (Å²) in [6, 6.07) is 3.11. The van der Waals surface area contributed by atoms with Gasteiger partial charge in [-0.1, -0.05) is 20.8 Å². The van der Waals surface area contributed by atoms with Gasteiger partial charge < -0.3 is 0 Å². The molecule has 0 aliphatic rings. The zero-order chi connectivity index (χ0) is 10.7. The highest BCUT2D eigenvalue weighted by Gasteiger charge is 2.07. The SMILES string of the molecule is CCS(=O)c1cc(=O)cc(C(C)C)s1. The second kappa shape index (κ2) is 4.84. The van der Waals surface area contributed by atoms with Crippen molar-refractivity contribution in [1.29, 1.82) is 0 Å². The first-order chi connectivity index (χ1) is 6.54. The molecule has 1 aromatic rings. The highest BCUT2D eigenvalue weighted by molar-refractivity contribution is 7.87. The van der Waals surface area contributed by atoms with Crippen molar-refractivity contribution >= 4 is 22.1 Å². The van der Waals surface area contributed by atoms with Crippen LogP contribution in [0.15, 0.2) is 21.1 Å². The standard InChI is InChI=1S/C10H14O2S2/c1-4-14(12)10-6-8(11)5-9(13-10)7(2)3/h5-7H,4H2,1-3H3. The molecular formula is C10H14O2S2. The first-order valence-electron chi connectivity index (χ1n) is 4.58. The molecule has 0 saturated carbocycles. The van der Waals surface area contributed by atoms with Gasteiger partial charge in [-0.2, -0.15) is 0 Å². The fraction of sp³-hybridized carbons (Fsp3) is 0.500. The van der Waals surface area contributed by atoms with E-state index in [9.17, 15) is 9.00 Å². The zero-order valence-corrected chi connectivity index (χ0v) is 10.2. The summed E-state index contributed by atoms with van der Waals surface area (Å²) in [5.41, 5.74) is -0.0377. The Morgan fingerprint density at radius 3 is 2.57 bits per heavy atom. The van der Waals surface area contributed by atoms with Crippen LogP contribution in [0.1, 0.15) is 31.6 Å². The maximum absolute atomic E-state index is 11.5. The molecule has 4 heteroatoms. The summed E-state index contributed by atoms with van der Waals surface area (Å²) in [6.45, 7) is 5.92. The molecule has 0 radical (unpaired) electrons. The lowest BCUT2D eigenvalue weighted by Crippen LogP contribution is -2.03. The van der Waals surface area contributed by atoms with Crippen LogP contribution in [0.4, 0.5) is 0 Å². The molecule has 0 aliphatic heterocycles. The Labute approximate surface area is 90.4 Å². The van der Waals surface area contributed by atoms with Crippen molar-refractivity contribution < 1.29 is 4.21 Å². The molecule has 0 bridgehead atoms. The van der Waals surface area contributed by atoms with Crippen LogP contribution < -0.4 is 5.43 Å². The first-order valence-corrected chi connectivity index (χ1v) is 6.71. The van der Waals surface area contributed by atoms with E-state index < -0.39 is 10.8 Å². The van der Waals surface area contributed by atoms with Crippen molar-refractivity contribution in [3.05, 3.63) is 27.2 Å². The molecule has 0 saturated heterocycles. The Bertz CT molecular complexity index is 393. The third-order valence-electron chi connectivity index (χ3n) is 1.82. The summed E-state index contributed by atoms with van der Waals surface area (Å²) in [5, 5.41) is 0. The van der Waals surface area contributed by atoms with E-state index >= 15 is 0 Å². The molecule has 0 fully saturated rings. The van der Waals surface area contributed by atoms with Gasteiger partial charge in [-0.15, -0.1) is 11.3 Å². The van der Waals surface area contributed by atoms with Crippen molar-refractivity contribution in [1.82, 2.24) is 0 Å². The van der Waals surface area contributed by atoms with Crippen LogP contribution in [-0.4, -0.2) is 9.96 Å². The van der Waals surface area contributed by atoms with Crippen LogP contribution in [0.5, 0.6) is 0 Å². The molecule has 1 aromatic heterocycles. The predicted molar refractivity (Wildman–Crippen MR) is 61.6 cm³/mol. The van der Waals surface area contributed by atoms with Gasteiger partial charge in [-0.05, 0) is 12.0 Å². The smallest absolute Gasteiger partial charge is 0.181 e. The average molecular weight is 230 g/mol. The van der Waals surface area contributed by atoms with Crippen LogP contribution >= 0.6 is 11.3 Å². The summed E-state index contributed by atoms with van der Waals surface area (Å²) in [5.74, 6) is 0.888. The van der Waals surface area contributed by atoms with E-state index in [0.29, 0.717) is 15.9 Å². The van der Waals surface area contributed by atoms with E-state index in [1.165, 1.54) is 17.4 Å². The second-order valence-electron chi connectivity index (χ2n) is 3.30. The molecule has 14 heavy (non-hydrogen) atoms. The maximum Gasteiger partial charge on any atom is 0.181 e. The maximum atomic E-state index is 11.5. The van der Waals surface area contributed by atoms with Crippen molar-refractivity contribution in [3.8, 4) is 0 Å². The highest BCUT2D eigenvalue weighted by atomic mass is 32.2. The number of hydrogen-bond acceptors (Lipinski definition) is 3. The molecule has 0 aliphatic carbocycles. The second-order valence-corrected chi connectivity index (χ2v) is 6.39. The summed E-state index contributed by atoms with van der Waals surface area (Å²) in [7, 11) is -1.01. The lowest BCUT2D eigenvalue weighted by molar-refractivity contribution is 0.685. The Kier molecular flexibility index (Phi) is 4.01. The van der Waals surface area contributed by atoms with Crippen LogP contribution in [0.25, 0.3) is 0 Å². The Morgan fingerprint density at radius 1 is 1.43 bits per heavy atom. The molecule has 0 spiro atoms. The molecule has 1 heterocycles. The minimum atomic E-state index is -1.01. The van der Waals surface area contributed by atoms with Gasteiger partial charge in [0.1, 0.15) is 0 Å². The van der Waals surface area contributed by atoms with Gasteiger partial charge >= 0.3 is 0 Å². The number of rotatable bonds is 3. The fourth-order valence-corrected chi connectivity index (χ4v) is 3.38. The summed E-state index contributed by atoms with van der Waals surface area (Å²) in [4.78, 5) is 12.3. The van der Waals surface area contributed by atoms with E-state index in [1.807, 2.05) is 20.8 Å². The summed E-state index contributed by atoms with van der Waals surface area (Å²) in [6.07, 6.45) is 0. The van der Waals surface area contributed by atoms with Crippen molar-refractivity contribution in [2.24, 2.45) is 0 Å². The molecule has 2 nitrogen and oxygen atoms in total. The van der Waals surface area contributed by atoms with Gasteiger partial charge in [0, 0.05) is 16.7 Å². The van der Waals surface area contributed by atoms with Crippen LogP contribution in [0, 0.1) is 0 Å². The normalized spacial score (nSPS) is 13.1. The Morgan fingerprint density at radius 2 is 2.07 bits per heavy atom. The topological polar surface area (TPSA) is 34.1 Å². The fourth-order valence-electron chi connectivity index (χ4n) is 1.01. The lowest BCUT2D eigenvalue weighted by Gasteiger charge is -2.05. The molecule has 78 valence electrons. The molecule has 0 aromatic carbocycles. The Hall–Kier alpha value is -0.480. The third-order valence-corrected chi connectivity index (χ3v) is 4.86. The predicted octanol–water partition coefficient (Wildman–Crippen LogP) is 2.36. The van der Waals surface area contributed by atoms with E-state index in [1.54, 1.807) is 6.07 Å². The monoisotopic (exact) mass is 230 g/mol. The first kappa shape index (κ1) is 11.6. The van der Waals surface area contributed by atoms with Gasteiger partial charge in [0.25, 0.3) is 0 Å². The van der Waals surface area contributed by atoms with Gasteiger partial charge in [0.15, 0.2) is 5.43 Å².